The third kappa shape index (κ3) is 2.55. The van der Waals surface area contributed by atoms with E-state index in [9.17, 15) is 0 Å². The van der Waals surface area contributed by atoms with E-state index in [1.165, 1.54) is 11.3 Å². The molecule has 0 atom stereocenters. The number of pyridine rings is 1. The maximum atomic E-state index is 4.33. The highest BCUT2D eigenvalue weighted by Gasteiger charge is 2.13. The Morgan fingerprint density at radius 1 is 1.10 bits per heavy atom. The molecule has 0 unspecified atom stereocenters. The van der Waals surface area contributed by atoms with Crippen LogP contribution in [0.1, 0.15) is 30.9 Å². The number of piperazine rings is 1. The zero-order chi connectivity index (χ0) is 13.9. The van der Waals surface area contributed by atoms with Gasteiger partial charge in [-0.25, -0.2) is 0 Å². The van der Waals surface area contributed by atoms with E-state index in [-0.39, 0.29) is 0 Å². The molecule has 0 aliphatic carbocycles. The van der Waals surface area contributed by atoms with Crippen LogP contribution in [0.15, 0.2) is 12.1 Å². The van der Waals surface area contributed by atoms with Crippen molar-refractivity contribution < 1.29 is 0 Å². The molecular weight excluding hydrogens is 250 g/mol. The van der Waals surface area contributed by atoms with Crippen LogP contribution in [0.2, 0.25) is 0 Å². The standard InChI is InChI=1S/C15H23N5/c1-3-13-9-12(11-19-7-5-16-6-8-19)10-15-18-17-14(4-2)20(13)15/h9-10,16H,3-8,11H2,1-2H3. The molecule has 0 saturated carbocycles. The lowest BCUT2D eigenvalue weighted by molar-refractivity contribution is 0.233. The van der Waals surface area contributed by atoms with Crippen LogP contribution in [0.5, 0.6) is 0 Å². The smallest absolute Gasteiger partial charge is 0.161 e. The molecule has 108 valence electrons. The Balaban J connectivity index is 1.92. The van der Waals surface area contributed by atoms with E-state index >= 15 is 0 Å². The summed E-state index contributed by atoms with van der Waals surface area (Å²) in [5, 5.41) is 12.0. The number of aromatic nitrogens is 3. The Bertz CT molecular complexity index is 583. The van der Waals surface area contributed by atoms with Crippen LogP contribution in [0, 0.1) is 0 Å². The van der Waals surface area contributed by atoms with Gasteiger partial charge in [0, 0.05) is 44.8 Å². The van der Waals surface area contributed by atoms with Crippen LogP contribution < -0.4 is 5.32 Å². The highest BCUT2D eigenvalue weighted by Crippen LogP contribution is 2.15. The van der Waals surface area contributed by atoms with E-state index < -0.39 is 0 Å². The van der Waals surface area contributed by atoms with Gasteiger partial charge in [0.1, 0.15) is 5.82 Å². The number of hydrogen-bond acceptors (Lipinski definition) is 4. The molecule has 0 radical (unpaired) electrons. The normalized spacial score (nSPS) is 16.9. The molecule has 1 aliphatic rings. The minimum atomic E-state index is 0.922. The van der Waals surface area contributed by atoms with Gasteiger partial charge in [0.15, 0.2) is 5.65 Å². The van der Waals surface area contributed by atoms with E-state index in [4.69, 9.17) is 0 Å². The van der Waals surface area contributed by atoms with Gasteiger partial charge in [0.2, 0.25) is 0 Å². The molecule has 3 rings (SSSR count). The van der Waals surface area contributed by atoms with Crippen molar-refractivity contribution in [2.45, 2.75) is 33.2 Å². The zero-order valence-electron chi connectivity index (χ0n) is 12.4. The summed E-state index contributed by atoms with van der Waals surface area (Å²) >= 11 is 0. The molecule has 1 fully saturated rings. The van der Waals surface area contributed by atoms with Gasteiger partial charge in [0.25, 0.3) is 0 Å². The van der Waals surface area contributed by atoms with E-state index in [2.05, 4.69) is 50.8 Å². The van der Waals surface area contributed by atoms with Gasteiger partial charge >= 0.3 is 0 Å². The summed E-state index contributed by atoms with van der Waals surface area (Å²) in [6.07, 6.45) is 1.93. The monoisotopic (exact) mass is 273 g/mol. The zero-order valence-corrected chi connectivity index (χ0v) is 12.4. The maximum absolute atomic E-state index is 4.33. The molecule has 1 aliphatic heterocycles. The van der Waals surface area contributed by atoms with E-state index in [0.717, 1.165) is 57.0 Å². The average Bonchev–Trinajstić information content (AvgIpc) is 2.90. The molecule has 1 N–H and O–H groups in total. The Labute approximate surface area is 120 Å². The maximum Gasteiger partial charge on any atom is 0.161 e. The third-order valence-electron chi connectivity index (χ3n) is 4.00. The largest absolute Gasteiger partial charge is 0.314 e. The molecular formula is C15H23N5. The van der Waals surface area contributed by atoms with E-state index in [1.54, 1.807) is 0 Å². The van der Waals surface area contributed by atoms with Gasteiger partial charge in [-0.05, 0) is 24.1 Å². The second-order valence-electron chi connectivity index (χ2n) is 5.40. The predicted molar refractivity (Wildman–Crippen MR) is 79.9 cm³/mol. The Morgan fingerprint density at radius 3 is 2.60 bits per heavy atom. The molecule has 2 aromatic rings. The van der Waals surface area contributed by atoms with Crippen LogP contribution in [-0.2, 0) is 19.4 Å². The molecule has 0 spiro atoms. The number of nitrogens with one attached hydrogen (secondary N) is 1. The second kappa shape index (κ2) is 5.89. The minimum absolute atomic E-state index is 0.922. The van der Waals surface area contributed by atoms with Crippen molar-refractivity contribution in [3.63, 3.8) is 0 Å². The first-order chi connectivity index (χ1) is 9.81. The summed E-state index contributed by atoms with van der Waals surface area (Å²) in [5.41, 5.74) is 3.66. The number of hydrogen-bond donors (Lipinski definition) is 1. The lowest BCUT2D eigenvalue weighted by Crippen LogP contribution is -2.42. The van der Waals surface area contributed by atoms with Crippen LogP contribution in [0.25, 0.3) is 5.65 Å². The molecule has 1 saturated heterocycles. The van der Waals surface area contributed by atoms with Crippen molar-refractivity contribution in [3.8, 4) is 0 Å². The van der Waals surface area contributed by atoms with Crippen molar-refractivity contribution in [3.05, 3.63) is 29.2 Å². The van der Waals surface area contributed by atoms with Crippen molar-refractivity contribution in [2.75, 3.05) is 26.2 Å². The van der Waals surface area contributed by atoms with Crippen molar-refractivity contribution >= 4 is 5.65 Å². The summed E-state index contributed by atoms with van der Waals surface area (Å²) in [6.45, 7) is 9.77. The van der Waals surface area contributed by atoms with Crippen molar-refractivity contribution in [1.82, 2.24) is 24.8 Å². The molecule has 2 aromatic heterocycles. The van der Waals surface area contributed by atoms with Gasteiger partial charge in [-0.1, -0.05) is 13.8 Å². The fourth-order valence-electron chi connectivity index (χ4n) is 2.93. The summed E-state index contributed by atoms with van der Waals surface area (Å²) < 4.78 is 2.21. The summed E-state index contributed by atoms with van der Waals surface area (Å²) in [4.78, 5) is 2.50. The molecule has 0 amide bonds. The molecule has 20 heavy (non-hydrogen) atoms. The Kier molecular flexibility index (Phi) is 3.98. The molecule has 5 nitrogen and oxygen atoms in total. The Hall–Kier alpha value is -1.46. The molecule has 0 aromatic carbocycles. The average molecular weight is 273 g/mol. The van der Waals surface area contributed by atoms with Gasteiger partial charge < -0.3 is 5.32 Å². The number of fused-ring (bicyclic) bond motifs is 1. The molecule has 5 heteroatoms. The lowest BCUT2D eigenvalue weighted by atomic mass is 10.1. The summed E-state index contributed by atoms with van der Waals surface area (Å²) in [7, 11) is 0. The van der Waals surface area contributed by atoms with Gasteiger partial charge in [-0.15, -0.1) is 10.2 Å². The van der Waals surface area contributed by atoms with Gasteiger partial charge in [-0.3, -0.25) is 9.30 Å². The topological polar surface area (TPSA) is 45.5 Å². The van der Waals surface area contributed by atoms with Crippen molar-refractivity contribution in [2.24, 2.45) is 0 Å². The fraction of sp³-hybridized carbons (Fsp3) is 0.600. The van der Waals surface area contributed by atoms with Gasteiger partial charge in [-0.2, -0.15) is 0 Å². The third-order valence-corrected chi connectivity index (χ3v) is 4.00. The van der Waals surface area contributed by atoms with Crippen molar-refractivity contribution in [1.29, 1.82) is 0 Å². The Morgan fingerprint density at radius 2 is 1.90 bits per heavy atom. The first kappa shape index (κ1) is 13.5. The quantitative estimate of drug-likeness (QED) is 0.911. The molecule has 3 heterocycles. The second-order valence-corrected chi connectivity index (χ2v) is 5.40. The first-order valence-corrected chi connectivity index (χ1v) is 7.60. The SMILES string of the molecule is CCc1cc(CN2CCNCC2)cc2nnc(CC)n12. The molecule has 0 bridgehead atoms. The minimum Gasteiger partial charge on any atom is -0.314 e. The number of aryl methyl sites for hydroxylation is 2. The number of rotatable bonds is 4. The van der Waals surface area contributed by atoms with Crippen LogP contribution in [0.4, 0.5) is 0 Å². The summed E-state index contributed by atoms with van der Waals surface area (Å²) in [5.74, 6) is 1.06. The van der Waals surface area contributed by atoms with Crippen LogP contribution in [-0.4, -0.2) is 45.7 Å². The highest BCUT2D eigenvalue weighted by molar-refractivity contribution is 5.44. The number of nitrogens with zero attached hydrogens (tertiary/aromatic N) is 4. The fourth-order valence-corrected chi connectivity index (χ4v) is 2.93. The van der Waals surface area contributed by atoms with Crippen LogP contribution in [0.3, 0.4) is 0 Å². The van der Waals surface area contributed by atoms with Gasteiger partial charge in [0.05, 0.1) is 0 Å². The lowest BCUT2D eigenvalue weighted by Gasteiger charge is -2.27. The van der Waals surface area contributed by atoms with E-state index in [0.29, 0.717) is 0 Å². The van der Waals surface area contributed by atoms with E-state index in [1.807, 2.05) is 0 Å². The first-order valence-electron chi connectivity index (χ1n) is 7.60. The predicted octanol–water partition coefficient (Wildman–Crippen LogP) is 1.26. The summed E-state index contributed by atoms with van der Waals surface area (Å²) in [6, 6.07) is 4.50. The van der Waals surface area contributed by atoms with Crippen LogP contribution >= 0.6 is 0 Å². The highest BCUT2D eigenvalue weighted by atomic mass is 15.2.